The van der Waals surface area contributed by atoms with Crippen molar-refractivity contribution in [2.24, 2.45) is 10.9 Å². The van der Waals surface area contributed by atoms with Crippen LogP contribution in [-0.4, -0.2) is 30.0 Å². The molecule has 1 amide bonds. The third kappa shape index (κ3) is 9.42. The second-order valence-electron chi connectivity index (χ2n) is 7.95. The number of hydrogen-bond acceptors (Lipinski definition) is 5. The first-order valence-electron chi connectivity index (χ1n) is 10.8. The van der Waals surface area contributed by atoms with E-state index in [0.717, 1.165) is 23.3 Å². The fourth-order valence-electron chi connectivity index (χ4n) is 2.54. The van der Waals surface area contributed by atoms with Crippen LogP contribution in [0.25, 0.3) is 0 Å². The minimum Gasteiger partial charge on any atom is -0.462 e. The molecule has 0 spiro atoms. The number of alkyl carbamates (subject to hydrolysis) is 1. The van der Waals surface area contributed by atoms with E-state index in [1.807, 2.05) is 54.5 Å². The van der Waals surface area contributed by atoms with Crippen molar-refractivity contribution in [3.8, 4) is 0 Å². The highest BCUT2D eigenvalue weighted by Crippen LogP contribution is 2.28. The van der Waals surface area contributed by atoms with Gasteiger partial charge in [0.2, 0.25) is 0 Å². The summed E-state index contributed by atoms with van der Waals surface area (Å²) in [7, 11) is 0. The van der Waals surface area contributed by atoms with E-state index in [4.69, 9.17) is 14.5 Å². The maximum atomic E-state index is 12.5. The molecule has 0 aliphatic heterocycles. The molecule has 1 unspecified atom stereocenters. The van der Waals surface area contributed by atoms with Crippen LogP contribution in [0.15, 0.2) is 17.1 Å². The van der Waals surface area contributed by atoms with Gasteiger partial charge in [-0.25, -0.2) is 9.59 Å². The van der Waals surface area contributed by atoms with Crippen LogP contribution in [0.4, 0.5) is 10.5 Å². The largest absolute Gasteiger partial charge is 0.462 e. The first-order valence-corrected chi connectivity index (χ1v) is 10.8. The van der Waals surface area contributed by atoms with Gasteiger partial charge in [-0.05, 0) is 71.1 Å². The molecule has 0 fully saturated rings. The van der Waals surface area contributed by atoms with Crippen molar-refractivity contribution in [2.45, 2.75) is 87.8 Å². The number of nitrogens with zero attached hydrogens (tertiary/aromatic N) is 1. The predicted molar refractivity (Wildman–Crippen MR) is 124 cm³/mol. The summed E-state index contributed by atoms with van der Waals surface area (Å²) in [4.78, 5) is 29.1. The molecular formula is C24H40N2O4. The van der Waals surface area contributed by atoms with Gasteiger partial charge < -0.3 is 14.8 Å². The average Bonchev–Trinajstić information content (AvgIpc) is 2.67. The molecule has 1 aromatic carbocycles. The second-order valence-corrected chi connectivity index (χ2v) is 7.95. The van der Waals surface area contributed by atoms with E-state index in [2.05, 4.69) is 19.2 Å². The number of hydrogen-bond donors (Lipinski definition) is 1. The van der Waals surface area contributed by atoms with Crippen LogP contribution in [0.5, 0.6) is 0 Å². The number of carbonyl (C=O) groups excluding carboxylic acids is 2. The number of benzene rings is 1. The van der Waals surface area contributed by atoms with E-state index >= 15 is 0 Å². The van der Waals surface area contributed by atoms with Crippen LogP contribution < -0.4 is 5.32 Å². The minimum absolute atomic E-state index is 0.247. The van der Waals surface area contributed by atoms with Crippen molar-refractivity contribution in [3.05, 3.63) is 28.8 Å². The highest BCUT2D eigenvalue weighted by molar-refractivity contribution is 5.98. The molecule has 1 aromatic rings. The van der Waals surface area contributed by atoms with E-state index < -0.39 is 17.7 Å². The molecule has 0 bridgehead atoms. The number of aryl methyl sites for hydroxylation is 1. The molecule has 30 heavy (non-hydrogen) atoms. The van der Waals surface area contributed by atoms with Gasteiger partial charge in [-0.15, -0.1) is 0 Å². The average molecular weight is 421 g/mol. The summed E-state index contributed by atoms with van der Waals surface area (Å²) in [6.07, 6.45) is 0.471. The number of carbonyl (C=O) groups is 2. The van der Waals surface area contributed by atoms with Gasteiger partial charge in [0.05, 0.1) is 17.9 Å². The lowest BCUT2D eigenvalue weighted by molar-refractivity contribution is 0.0518. The molecule has 1 atom stereocenters. The highest BCUT2D eigenvalue weighted by Gasteiger charge is 2.19. The lowest BCUT2D eigenvalue weighted by Crippen LogP contribution is -2.32. The number of rotatable bonds is 7. The second kappa shape index (κ2) is 13.0. The van der Waals surface area contributed by atoms with Gasteiger partial charge in [0.25, 0.3) is 0 Å². The summed E-state index contributed by atoms with van der Waals surface area (Å²) in [6, 6.07) is 3.65. The Kier molecular flexibility index (Phi) is 12.0. The zero-order valence-electron chi connectivity index (χ0n) is 20.4. The Hall–Kier alpha value is -2.37. The van der Waals surface area contributed by atoms with E-state index in [0.29, 0.717) is 17.2 Å². The third-order valence-corrected chi connectivity index (χ3v) is 4.31. The zero-order chi connectivity index (χ0) is 23.5. The monoisotopic (exact) mass is 420 g/mol. The summed E-state index contributed by atoms with van der Waals surface area (Å²) in [5.74, 6) is -0.0941. The molecular weight excluding hydrogens is 380 g/mol. The summed E-state index contributed by atoms with van der Waals surface area (Å²) < 4.78 is 10.5. The van der Waals surface area contributed by atoms with Crippen LogP contribution >= 0.6 is 0 Å². The Morgan fingerprint density at radius 3 is 2.27 bits per heavy atom. The van der Waals surface area contributed by atoms with Gasteiger partial charge in [-0.2, -0.15) is 0 Å². The first-order chi connectivity index (χ1) is 14.0. The standard InChI is InChI=1S/C22H34N2O4.C2H6/c1-9-14(3)16(5)24-19-15(4)11-17(12-18(19)20(25)27-10-2)13-23-21(26)28-22(6,7)8;1-2/h11-12,14H,9-10,13H2,1-8H3,(H,23,26);1-2H3. The normalized spacial score (nSPS) is 12.4. The number of esters is 1. The van der Waals surface area contributed by atoms with Gasteiger partial charge in [0.15, 0.2) is 0 Å². The molecule has 0 heterocycles. The molecule has 0 aliphatic rings. The van der Waals surface area contributed by atoms with Gasteiger partial charge in [-0.3, -0.25) is 4.99 Å². The summed E-state index contributed by atoms with van der Waals surface area (Å²) in [5, 5.41) is 2.72. The van der Waals surface area contributed by atoms with Crippen LogP contribution in [0.3, 0.4) is 0 Å². The Bertz CT molecular complexity index is 733. The molecule has 0 aliphatic carbocycles. The maximum Gasteiger partial charge on any atom is 0.407 e. The van der Waals surface area contributed by atoms with Crippen molar-refractivity contribution in [1.29, 1.82) is 0 Å². The number of ether oxygens (including phenoxy) is 2. The number of amides is 1. The lowest BCUT2D eigenvalue weighted by Gasteiger charge is -2.20. The molecule has 0 saturated carbocycles. The van der Waals surface area contributed by atoms with Gasteiger partial charge in [0.1, 0.15) is 5.60 Å². The van der Waals surface area contributed by atoms with Crippen molar-refractivity contribution in [3.63, 3.8) is 0 Å². The topological polar surface area (TPSA) is 77.0 Å². The Morgan fingerprint density at radius 1 is 1.17 bits per heavy atom. The van der Waals surface area contributed by atoms with Crippen molar-refractivity contribution < 1.29 is 19.1 Å². The van der Waals surface area contributed by atoms with E-state index in [9.17, 15) is 9.59 Å². The molecule has 1 N–H and O–H groups in total. The maximum absolute atomic E-state index is 12.5. The zero-order valence-corrected chi connectivity index (χ0v) is 20.4. The Labute approximate surface area is 182 Å². The van der Waals surface area contributed by atoms with E-state index in [1.54, 1.807) is 13.0 Å². The van der Waals surface area contributed by atoms with Crippen molar-refractivity contribution in [2.75, 3.05) is 6.61 Å². The Morgan fingerprint density at radius 2 is 1.77 bits per heavy atom. The van der Waals surface area contributed by atoms with E-state index in [1.165, 1.54) is 0 Å². The summed E-state index contributed by atoms with van der Waals surface area (Å²) in [6.45, 7) is 19.8. The molecule has 0 saturated heterocycles. The molecule has 1 rings (SSSR count). The Balaban J connectivity index is 0.00000407. The summed E-state index contributed by atoms with van der Waals surface area (Å²) >= 11 is 0. The fraction of sp³-hybridized carbons (Fsp3) is 0.625. The predicted octanol–water partition coefficient (Wildman–Crippen LogP) is 6.36. The minimum atomic E-state index is -0.567. The number of aliphatic imine (C=N–C) groups is 1. The molecule has 170 valence electrons. The fourth-order valence-corrected chi connectivity index (χ4v) is 2.54. The molecule has 0 aromatic heterocycles. The first kappa shape index (κ1) is 27.6. The third-order valence-electron chi connectivity index (χ3n) is 4.31. The highest BCUT2D eigenvalue weighted by atomic mass is 16.6. The van der Waals surface area contributed by atoms with Crippen LogP contribution in [0.2, 0.25) is 0 Å². The summed E-state index contributed by atoms with van der Waals surface area (Å²) in [5.41, 5.74) is 3.07. The van der Waals surface area contributed by atoms with Crippen molar-refractivity contribution in [1.82, 2.24) is 5.32 Å². The van der Waals surface area contributed by atoms with Crippen LogP contribution in [0, 0.1) is 12.8 Å². The van der Waals surface area contributed by atoms with Gasteiger partial charge in [-0.1, -0.05) is 33.8 Å². The molecule has 6 heteroatoms. The SMILES string of the molecule is CC.CCOC(=O)c1cc(CNC(=O)OC(C)(C)C)cc(C)c1N=C(C)C(C)CC. The molecule has 6 nitrogen and oxygen atoms in total. The lowest BCUT2D eigenvalue weighted by atomic mass is 10.0. The smallest absolute Gasteiger partial charge is 0.407 e. The van der Waals surface area contributed by atoms with Crippen molar-refractivity contribution >= 4 is 23.5 Å². The number of nitrogens with one attached hydrogen (secondary N) is 1. The van der Waals surface area contributed by atoms with Crippen LogP contribution in [-0.2, 0) is 16.0 Å². The molecule has 0 radical (unpaired) electrons. The van der Waals surface area contributed by atoms with Gasteiger partial charge in [0, 0.05) is 12.3 Å². The van der Waals surface area contributed by atoms with Gasteiger partial charge >= 0.3 is 12.1 Å². The quantitative estimate of drug-likeness (QED) is 0.411. The van der Waals surface area contributed by atoms with E-state index in [-0.39, 0.29) is 13.2 Å². The van der Waals surface area contributed by atoms with Crippen LogP contribution in [0.1, 0.15) is 90.2 Å².